The Balaban J connectivity index is 2.23. The van der Waals surface area contributed by atoms with E-state index in [0.29, 0.717) is 13.0 Å². The third-order valence-electron chi connectivity index (χ3n) is 1.98. The van der Waals surface area contributed by atoms with E-state index in [4.69, 9.17) is 5.73 Å². The Morgan fingerprint density at radius 1 is 1.80 bits per heavy atom. The minimum Gasteiger partial charge on any atom is -0.349 e. The number of nitrogens with zero attached hydrogens (tertiary/aromatic N) is 1. The van der Waals surface area contributed by atoms with E-state index in [9.17, 15) is 4.79 Å². The third kappa shape index (κ3) is 4.35. The molecule has 6 heteroatoms. The molecule has 1 heterocycles. The van der Waals surface area contributed by atoms with Crippen LogP contribution in [0.5, 0.6) is 0 Å². The monoisotopic (exact) mass is 228 g/mol. The van der Waals surface area contributed by atoms with Crippen LogP contribution in [0.4, 0.5) is 0 Å². The van der Waals surface area contributed by atoms with Gasteiger partial charge in [0.1, 0.15) is 0 Å². The number of nitrogens with two attached hydrogens (primary N) is 1. The van der Waals surface area contributed by atoms with Crippen molar-refractivity contribution < 1.29 is 4.79 Å². The van der Waals surface area contributed by atoms with Gasteiger partial charge in [-0.3, -0.25) is 9.89 Å². The van der Waals surface area contributed by atoms with Crippen LogP contribution in [0.3, 0.4) is 0 Å². The van der Waals surface area contributed by atoms with E-state index < -0.39 is 6.04 Å². The first-order valence-electron chi connectivity index (χ1n) is 4.74. The predicted molar refractivity (Wildman–Crippen MR) is 61.4 cm³/mol. The third-order valence-corrected chi connectivity index (χ3v) is 2.63. The molecule has 0 bridgehead atoms. The first-order valence-corrected chi connectivity index (χ1v) is 6.14. The molecule has 0 aromatic carbocycles. The van der Waals surface area contributed by atoms with Crippen molar-refractivity contribution in [3.05, 3.63) is 18.0 Å². The summed E-state index contributed by atoms with van der Waals surface area (Å²) in [5.41, 5.74) is 6.57. The van der Waals surface area contributed by atoms with Gasteiger partial charge in [-0.25, -0.2) is 0 Å². The van der Waals surface area contributed by atoms with Crippen LogP contribution >= 0.6 is 11.8 Å². The molecule has 1 aromatic heterocycles. The molecule has 1 atom stereocenters. The summed E-state index contributed by atoms with van der Waals surface area (Å²) in [6.07, 6.45) is 4.35. The summed E-state index contributed by atoms with van der Waals surface area (Å²) in [5.74, 6) is 0.789. The van der Waals surface area contributed by atoms with Crippen molar-refractivity contribution in [1.29, 1.82) is 0 Å². The standard InChI is InChI=1S/C9H16N4OS/c1-15-5-3-8(10)9(14)11-6-7-2-4-12-13-7/h2,4,8H,3,5-6,10H2,1H3,(H,11,14)(H,12,13)/t8-/m0/s1. The summed E-state index contributed by atoms with van der Waals surface area (Å²) in [6.45, 7) is 0.450. The largest absolute Gasteiger partial charge is 0.349 e. The topological polar surface area (TPSA) is 83.8 Å². The van der Waals surface area contributed by atoms with Crippen LogP contribution in [0.1, 0.15) is 12.1 Å². The Morgan fingerprint density at radius 2 is 2.60 bits per heavy atom. The molecule has 4 N–H and O–H groups in total. The highest BCUT2D eigenvalue weighted by Gasteiger charge is 2.12. The Morgan fingerprint density at radius 3 is 3.20 bits per heavy atom. The van der Waals surface area contributed by atoms with Gasteiger partial charge in [0.25, 0.3) is 0 Å². The van der Waals surface area contributed by atoms with Crippen LogP contribution in [0.15, 0.2) is 12.3 Å². The van der Waals surface area contributed by atoms with E-state index in [2.05, 4.69) is 15.5 Å². The molecule has 0 saturated heterocycles. The van der Waals surface area contributed by atoms with E-state index in [-0.39, 0.29) is 5.91 Å². The van der Waals surface area contributed by atoms with Crippen molar-refractivity contribution in [1.82, 2.24) is 15.5 Å². The highest BCUT2D eigenvalue weighted by molar-refractivity contribution is 7.98. The van der Waals surface area contributed by atoms with E-state index in [1.165, 1.54) is 0 Å². The number of H-pyrrole nitrogens is 1. The van der Waals surface area contributed by atoms with Crippen molar-refractivity contribution in [3.63, 3.8) is 0 Å². The van der Waals surface area contributed by atoms with Gasteiger partial charge in [0.05, 0.1) is 18.3 Å². The van der Waals surface area contributed by atoms with Crippen molar-refractivity contribution in [2.45, 2.75) is 19.0 Å². The maximum atomic E-state index is 11.5. The van der Waals surface area contributed by atoms with Gasteiger partial charge in [-0.2, -0.15) is 16.9 Å². The van der Waals surface area contributed by atoms with E-state index in [0.717, 1.165) is 11.4 Å². The van der Waals surface area contributed by atoms with Crippen LogP contribution in [-0.2, 0) is 11.3 Å². The Bertz CT molecular complexity index is 288. The average Bonchev–Trinajstić information content (AvgIpc) is 2.75. The van der Waals surface area contributed by atoms with E-state index in [1.807, 2.05) is 12.3 Å². The van der Waals surface area contributed by atoms with Gasteiger partial charge in [0.2, 0.25) is 5.91 Å². The summed E-state index contributed by atoms with van der Waals surface area (Å²) in [7, 11) is 0. The van der Waals surface area contributed by atoms with Crippen LogP contribution in [-0.4, -0.2) is 34.2 Å². The first-order chi connectivity index (χ1) is 7.24. The number of aromatic amines is 1. The molecule has 0 radical (unpaired) electrons. The molecule has 0 aliphatic carbocycles. The summed E-state index contributed by atoms with van der Waals surface area (Å²) in [4.78, 5) is 11.5. The molecule has 1 aromatic rings. The lowest BCUT2D eigenvalue weighted by molar-refractivity contribution is -0.122. The minimum absolute atomic E-state index is 0.112. The first kappa shape index (κ1) is 12.1. The quantitative estimate of drug-likeness (QED) is 0.645. The fourth-order valence-electron chi connectivity index (χ4n) is 1.07. The highest BCUT2D eigenvalue weighted by Crippen LogP contribution is 1.99. The average molecular weight is 228 g/mol. The van der Waals surface area contributed by atoms with E-state index in [1.54, 1.807) is 18.0 Å². The van der Waals surface area contributed by atoms with Gasteiger partial charge in [0.15, 0.2) is 0 Å². The molecule has 0 saturated carbocycles. The number of nitrogens with one attached hydrogen (secondary N) is 2. The van der Waals surface area contributed by atoms with Crippen LogP contribution < -0.4 is 11.1 Å². The zero-order valence-electron chi connectivity index (χ0n) is 8.69. The number of amides is 1. The zero-order chi connectivity index (χ0) is 11.1. The van der Waals surface area contributed by atoms with E-state index >= 15 is 0 Å². The summed E-state index contributed by atoms with van der Waals surface area (Å²) < 4.78 is 0. The van der Waals surface area contributed by atoms with Gasteiger partial charge in [-0.05, 0) is 24.5 Å². The van der Waals surface area contributed by atoms with Crippen molar-refractivity contribution >= 4 is 17.7 Å². The fraction of sp³-hybridized carbons (Fsp3) is 0.556. The molecule has 0 unspecified atom stereocenters. The SMILES string of the molecule is CSCC[C@H](N)C(=O)NCc1ccn[nH]1. The Labute approximate surface area is 93.2 Å². The number of thioether (sulfide) groups is 1. The van der Waals surface area contributed by atoms with Crippen molar-refractivity contribution in [3.8, 4) is 0 Å². The highest BCUT2D eigenvalue weighted by atomic mass is 32.2. The minimum atomic E-state index is -0.416. The number of carbonyl (C=O) groups is 1. The molecule has 1 amide bonds. The lowest BCUT2D eigenvalue weighted by Crippen LogP contribution is -2.40. The van der Waals surface area contributed by atoms with Crippen LogP contribution in [0, 0.1) is 0 Å². The molecule has 84 valence electrons. The lowest BCUT2D eigenvalue weighted by atomic mass is 10.2. The molecule has 0 spiro atoms. The molecule has 0 aliphatic heterocycles. The molecular formula is C9H16N4OS. The number of carbonyl (C=O) groups excluding carboxylic acids is 1. The fourth-order valence-corrected chi connectivity index (χ4v) is 1.56. The summed E-state index contributed by atoms with van der Waals surface area (Å²) in [6, 6.07) is 1.40. The Kier molecular flexibility index (Phi) is 5.20. The number of aromatic nitrogens is 2. The zero-order valence-corrected chi connectivity index (χ0v) is 9.51. The number of hydrogen-bond donors (Lipinski definition) is 3. The van der Waals surface area contributed by atoms with Crippen molar-refractivity contribution in [2.75, 3.05) is 12.0 Å². The molecule has 1 rings (SSSR count). The second-order valence-corrected chi connectivity index (χ2v) is 4.17. The number of rotatable bonds is 6. The molecule has 0 aliphatic rings. The Hall–Kier alpha value is -1.01. The second-order valence-electron chi connectivity index (χ2n) is 3.19. The van der Waals surface area contributed by atoms with Gasteiger partial charge in [-0.15, -0.1) is 0 Å². The van der Waals surface area contributed by atoms with Gasteiger partial charge < -0.3 is 11.1 Å². The number of hydrogen-bond acceptors (Lipinski definition) is 4. The van der Waals surface area contributed by atoms with Gasteiger partial charge in [-0.1, -0.05) is 0 Å². The normalized spacial score (nSPS) is 12.4. The molecule has 5 nitrogen and oxygen atoms in total. The molecular weight excluding hydrogens is 212 g/mol. The molecule has 0 fully saturated rings. The maximum Gasteiger partial charge on any atom is 0.237 e. The maximum absolute atomic E-state index is 11.5. The predicted octanol–water partition coefficient (Wildman–Crippen LogP) is 0.106. The van der Waals surface area contributed by atoms with Crippen LogP contribution in [0.2, 0.25) is 0 Å². The summed E-state index contributed by atoms with van der Waals surface area (Å²) >= 11 is 1.69. The van der Waals surface area contributed by atoms with Crippen molar-refractivity contribution in [2.24, 2.45) is 5.73 Å². The summed E-state index contributed by atoms with van der Waals surface area (Å²) in [5, 5.41) is 9.30. The lowest BCUT2D eigenvalue weighted by Gasteiger charge is -2.10. The van der Waals surface area contributed by atoms with Gasteiger partial charge >= 0.3 is 0 Å². The smallest absolute Gasteiger partial charge is 0.237 e. The van der Waals surface area contributed by atoms with Crippen LogP contribution in [0.25, 0.3) is 0 Å². The molecule has 15 heavy (non-hydrogen) atoms. The second kappa shape index (κ2) is 6.47. The van der Waals surface area contributed by atoms with Gasteiger partial charge in [0, 0.05) is 6.20 Å².